The fourth-order valence-electron chi connectivity index (χ4n) is 1.78. The summed E-state index contributed by atoms with van der Waals surface area (Å²) in [4.78, 5) is 0. The van der Waals surface area contributed by atoms with Crippen molar-refractivity contribution in [3.63, 3.8) is 0 Å². The first-order valence-electron chi connectivity index (χ1n) is 8.12. The van der Waals surface area contributed by atoms with Gasteiger partial charge in [-0.1, -0.05) is 99.3 Å². The second-order valence-electron chi connectivity index (χ2n) is 5.72. The third kappa shape index (κ3) is 18.6. The average molecular weight is 242 g/mol. The van der Waals surface area contributed by atoms with Crippen molar-refractivity contribution in [3.05, 3.63) is 0 Å². The van der Waals surface area contributed by atoms with Crippen LogP contribution in [-0.2, 0) is 0 Å². The molecule has 1 rings (SSSR count). The second kappa shape index (κ2) is 16.0. The van der Waals surface area contributed by atoms with E-state index in [9.17, 15) is 0 Å². The van der Waals surface area contributed by atoms with Gasteiger partial charge in [0.2, 0.25) is 0 Å². The molecule has 17 heavy (non-hydrogen) atoms. The van der Waals surface area contributed by atoms with Crippen molar-refractivity contribution in [2.24, 2.45) is 11.8 Å². The highest BCUT2D eigenvalue weighted by Gasteiger charge is 2.13. The summed E-state index contributed by atoms with van der Waals surface area (Å²) >= 11 is 0. The standard InChI is InChI=1S/C8H16.C5H12.C4H10/c1-7-3-5-8(2)6-4-7;1-3-5-4-2;1-3-4-2/h7-8H,3-6H2,1-2H3;3-5H2,1-2H3;3-4H2,1-2H3. The maximum Gasteiger partial charge on any atom is -0.0443 e. The molecule has 0 aromatic heterocycles. The number of hydrogen-bond donors (Lipinski definition) is 0. The Morgan fingerprint density at radius 2 is 0.882 bits per heavy atom. The molecule has 0 nitrogen and oxygen atoms in total. The maximum absolute atomic E-state index is 2.37. The SMILES string of the molecule is CC1CCC(C)CC1.CCCC.CCCCC. The van der Waals surface area contributed by atoms with Crippen molar-refractivity contribution in [1.29, 1.82) is 0 Å². The Kier molecular flexibility index (Phi) is 18.2. The lowest BCUT2D eigenvalue weighted by Gasteiger charge is -2.22. The van der Waals surface area contributed by atoms with Gasteiger partial charge in [-0.25, -0.2) is 0 Å². The fourth-order valence-corrected chi connectivity index (χ4v) is 1.78. The summed E-state index contributed by atoms with van der Waals surface area (Å²) in [7, 11) is 0. The molecule has 0 saturated heterocycles. The minimum absolute atomic E-state index is 1.02. The normalized spacial score (nSPS) is 22.9. The Hall–Kier alpha value is 0. The monoisotopic (exact) mass is 242 g/mol. The zero-order valence-corrected chi connectivity index (χ0v) is 13.5. The summed E-state index contributed by atoms with van der Waals surface area (Å²) < 4.78 is 0. The minimum Gasteiger partial charge on any atom is -0.0654 e. The summed E-state index contributed by atoms with van der Waals surface area (Å²) in [6.45, 7) is 13.5. The van der Waals surface area contributed by atoms with E-state index < -0.39 is 0 Å². The van der Waals surface area contributed by atoms with Crippen LogP contribution < -0.4 is 0 Å². The Morgan fingerprint density at radius 3 is 1.00 bits per heavy atom. The molecule has 0 spiro atoms. The Labute approximate surface area is 112 Å². The van der Waals surface area contributed by atoms with Crippen LogP contribution in [0.15, 0.2) is 0 Å². The van der Waals surface area contributed by atoms with E-state index in [0.717, 1.165) is 11.8 Å². The van der Waals surface area contributed by atoms with Crippen LogP contribution in [0, 0.1) is 11.8 Å². The smallest absolute Gasteiger partial charge is 0.0443 e. The van der Waals surface area contributed by atoms with Crippen molar-refractivity contribution in [2.75, 3.05) is 0 Å². The lowest BCUT2D eigenvalue weighted by molar-refractivity contribution is 0.308. The van der Waals surface area contributed by atoms with Gasteiger partial charge in [-0.15, -0.1) is 0 Å². The molecule has 1 saturated carbocycles. The lowest BCUT2D eigenvalue weighted by Crippen LogP contribution is -2.08. The molecule has 0 atom stereocenters. The Bertz CT molecular complexity index is 95.2. The van der Waals surface area contributed by atoms with Crippen molar-refractivity contribution >= 4 is 0 Å². The van der Waals surface area contributed by atoms with E-state index in [1.165, 1.54) is 57.8 Å². The van der Waals surface area contributed by atoms with Gasteiger partial charge in [0.1, 0.15) is 0 Å². The highest BCUT2D eigenvalue weighted by atomic mass is 14.2. The Morgan fingerprint density at radius 1 is 0.588 bits per heavy atom. The molecule has 106 valence electrons. The number of rotatable bonds is 3. The first-order chi connectivity index (χ1) is 8.12. The van der Waals surface area contributed by atoms with Crippen LogP contribution >= 0.6 is 0 Å². The van der Waals surface area contributed by atoms with E-state index in [0.29, 0.717) is 0 Å². The van der Waals surface area contributed by atoms with E-state index in [4.69, 9.17) is 0 Å². The highest BCUT2D eigenvalue weighted by Crippen LogP contribution is 2.27. The van der Waals surface area contributed by atoms with Crippen molar-refractivity contribution in [2.45, 2.75) is 99.3 Å². The number of hydrogen-bond acceptors (Lipinski definition) is 0. The first-order valence-corrected chi connectivity index (χ1v) is 8.12. The molecule has 0 aromatic carbocycles. The van der Waals surface area contributed by atoms with Gasteiger partial charge in [-0.3, -0.25) is 0 Å². The lowest BCUT2D eigenvalue weighted by atomic mass is 9.84. The molecule has 0 unspecified atom stereocenters. The summed E-state index contributed by atoms with van der Waals surface area (Å²) in [5, 5.41) is 0. The molecule has 1 aliphatic rings. The average Bonchev–Trinajstić information content (AvgIpc) is 2.35. The molecule has 0 amide bonds. The molecule has 0 heterocycles. The summed E-state index contributed by atoms with van der Waals surface area (Å²) in [5.74, 6) is 2.04. The third-order valence-corrected chi connectivity index (χ3v) is 3.51. The third-order valence-electron chi connectivity index (χ3n) is 3.51. The molecule has 1 aliphatic carbocycles. The van der Waals surface area contributed by atoms with Gasteiger partial charge in [-0.2, -0.15) is 0 Å². The predicted octanol–water partition coefficient (Wildman–Crippen LogP) is 6.84. The van der Waals surface area contributed by atoms with Crippen LogP contribution in [0.5, 0.6) is 0 Å². The minimum atomic E-state index is 1.02. The zero-order valence-electron chi connectivity index (χ0n) is 13.5. The molecular formula is C17H38. The van der Waals surface area contributed by atoms with E-state index in [1.54, 1.807) is 0 Å². The molecule has 0 heteroatoms. The molecule has 0 N–H and O–H groups in total. The predicted molar refractivity (Wildman–Crippen MR) is 82.6 cm³/mol. The van der Waals surface area contributed by atoms with Crippen LogP contribution in [0.1, 0.15) is 99.3 Å². The van der Waals surface area contributed by atoms with Crippen LogP contribution in [0.3, 0.4) is 0 Å². The van der Waals surface area contributed by atoms with Crippen molar-refractivity contribution < 1.29 is 0 Å². The highest BCUT2D eigenvalue weighted by molar-refractivity contribution is 4.65. The summed E-state index contributed by atoms with van der Waals surface area (Å²) in [6, 6.07) is 0. The first kappa shape index (κ1) is 19.3. The largest absolute Gasteiger partial charge is 0.0654 e. The Balaban J connectivity index is 0. The van der Waals surface area contributed by atoms with E-state index in [-0.39, 0.29) is 0 Å². The van der Waals surface area contributed by atoms with Crippen LogP contribution in [0.25, 0.3) is 0 Å². The molecule has 0 aliphatic heterocycles. The van der Waals surface area contributed by atoms with E-state index in [1.807, 2.05) is 0 Å². The molecule has 0 radical (unpaired) electrons. The van der Waals surface area contributed by atoms with Crippen molar-refractivity contribution in [1.82, 2.24) is 0 Å². The molecule has 0 aromatic rings. The summed E-state index contributed by atoms with van der Waals surface area (Å²) in [5.41, 5.74) is 0. The van der Waals surface area contributed by atoms with Gasteiger partial charge in [0.15, 0.2) is 0 Å². The van der Waals surface area contributed by atoms with E-state index in [2.05, 4.69) is 41.5 Å². The molecule has 0 bridgehead atoms. The van der Waals surface area contributed by atoms with Crippen LogP contribution in [-0.4, -0.2) is 0 Å². The summed E-state index contributed by atoms with van der Waals surface area (Å²) in [6.07, 6.45) is 12.6. The fraction of sp³-hybridized carbons (Fsp3) is 1.00. The molecular weight excluding hydrogens is 204 g/mol. The van der Waals surface area contributed by atoms with Gasteiger partial charge in [-0.05, 0) is 11.8 Å². The van der Waals surface area contributed by atoms with Crippen molar-refractivity contribution in [3.8, 4) is 0 Å². The maximum atomic E-state index is 2.37. The number of unbranched alkanes of at least 4 members (excludes halogenated alkanes) is 3. The zero-order chi connectivity index (χ0) is 13.5. The van der Waals surface area contributed by atoms with E-state index >= 15 is 0 Å². The molecule has 1 fully saturated rings. The van der Waals surface area contributed by atoms with Gasteiger partial charge in [0, 0.05) is 0 Å². The van der Waals surface area contributed by atoms with Gasteiger partial charge < -0.3 is 0 Å². The van der Waals surface area contributed by atoms with Gasteiger partial charge in [0.05, 0.1) is 0 Å². The van der Waals surface area contributed by atoms with Gasteiger partial charge in [0.25, 0.3) is 0 Å². The second-order valence-corrected chi connectivity index (χ2v) is 5.72. The topological polar surface area (TPSA) is 0 Å². The quantitative estimate of drug-likeness (QED) is 0.508. The van der Waals surface area contributed by atoms with Crippen LogP contribution in [0.4, 0.5) is 0 Å². The van der Waals surface area contributed by atoms with Gasteiger partial charge >= 0.3 is 0 Å². The van der Waals surface area contributed by atoms with Crippen LogP contribution in [0.2, 0.25) is 0 Å².